The number of amides is 2. The molecule has 0 aromatic rings. The lowest BCUT2D eigenvalue weighted by Crippen LogP contribution is -2.22. The van der Waals surface area contributed by atoms with Gasteiger partial charge in [0.05, 0.1) is 13.2 Å². The summed E-state index contributed by atoms with van der Waals surface area (Å²) in [6.07, 6.45) is 13.1. The molecular formula is C32H54BrFN2O8S2. The maximum absolute atomic E-state index is 12.3. The van der Waals surface area contributed by atoms with Gasteiger partial charge in [-0.2, -0.15) is 0 Å². The van der Waals surface area contributed by atoms with Crippen molar-refractivity contribution in [3.63, 3.8) is 0 Å². The molecular weight excluding hydrogens is 703 g/mol. The van der Waals surface area contributed by atoms with Crippen LogP contribution in [0.25, 0.3) is 0 Å². The van der Waals surface area contributed by atoms with E-state index in [0.29, 0.717) is 61.7 Å². The number of thioether (sulfide) groups is 2. The van der Waals surface area contributed by atoms with Crippen molar-refractivity contribution in [3.05, 3.63) is 21.2 Å². The van der Waals surface area contributed by atoms with E-state index in [1.165, 1.54) is 0 Å². The summed E-state index contributed by atoms with van der Waals surface area (Å²) in [7, 11) is 3.17. The fraction of sp³-hybridized carbons (Fsp3) is 0.750. The maximum atomic E-state index is 12.3. The smallest absolute Gasteiger partial charge is 0.371 e. The fourth-order valence-electron chi connectivity index (χ4n) is 4.40. The molecule has 46 heavy (non-hydrogen) atoms. The highest BCUT2D eigenvalue weighted by Gasteiger charge is 2.17. The van der Waals surface area contributed by atoms with Gasteiger partial charge in [-0.05, 0) is 50.2 Å². The molecule has 0 spiro atoms. The Labute approximate surface area is 292 Å². The number of hydrogen-bond acceptors (Lipinski definition) is 10. The van der Waals surface area contributed by atoms with Crippen molar-refractivity contribution in [3.8, 4) is 0 Å². The molecule has 2 amide bonds. The van der Waals surface area contributed by atoms with Gasteiger partial charge < -0.3 is 28.7 Å². The van der Waals surface area contributed by atoms with Gasteiger partial charge in [-0.25, -0.2) is 14.0 Å². The average Bonchev–Trinajstić information content (AvgIpc) is 3.06. The average molecular weight is 758 g/mol. The summed E-state index contributed by atoms with van der Waals surface area (Å²) < 4.78 is 32.6. The van der Waals surface area contributed by atoms with Crippen molar-refractivity contribution in [1.82, 2.24) is 9.80 Å². The highest BCUT2D eigenvalue weighted by atomic mass is 79.9. The second kappa shape index (κ2) is 30.7. The van der Waals surface area contributed by atoms with E-state index in [1.54, 1.807) is 30.9 Å². The second-order valence-electron chi connectivity index (χ2n) is 10.4. The lowest BCUT2D eigenvalue weighted by molar-refractivity contribution is -0.117. The molecule has 0 aliphatic heterocycles. The Kier molecular flexibility index (Phi) is 29.6. The molecule has 0 saturated carbocycles. The molecule has 0 radical (unpaired) electrons. The number of methoxy groups -OCH3 is 2. The van der Waals surface area contributed by atoms with Crippen LogP contribution in [0.2, 0.25) is 0 Å². The minimum atomic E-state index is -0.737. The molecule has 0 N–H and O–H groups in total. The molecule has 0 fully saturated rings. The molecule has 0 aliphatic carbocycles. The third-order valence-electron chi connectivity index (χ3n) is 7.04. The van der Waals surface area contributed by atoms with Crippen LogP contribution in [0, 0.1) is 0 Å². The van der Waals surface area contributed by atoms with Gasteiger partial charge in [0, 0.05) is 66.7 Å². The first-order valence-corrected chi connectivity index (χ1v) is 18.7. The quantitative estimate of drug-likeness (QED) is 0.0319. The van der Waals surface area contributed by atoms with Crippen molar-refractivity contribution >= 4 is 62.9 Å². The highest BCUT2D eigenvalue weighted by Crippen LogP contribution is 2.28. The zero-order valence-corrected chi connectivity index (χ0v) is 31.2. The first-order valence-electron chi connectivity index (χ1n) is 15.9. The molecule has 0 aliphatic rings. The molecule has 0 aromatic carbocycles. The Hall–Kier alpha value is -1.61. The van der Waals surface area contributed by atoms with Gasteiger partial charge >= 0.3 is 10.6 Å². The molecule has 0 unspecified atom stereocenters. The first-order chi connectivity index (χ1) is 22.3. The van der Waals surface area contributed by atoms with Gasteiger partial charge in [-0.1, -0.05) is 67.3 Å². The van der Waals surface area contributed by atoms with E-state index in [1.807, 2.05) is 6.92 Å². The van der Waals surface area contributed by atoms with Crippen molar-refractivity contribution < 1.29 is 42.5 Å². The molecule has 10 nitrogen and oxygen atoms in total. The van der Waals surface area contributed by atoms with E-state index in [-0.39, 0.29) is 11.9 Å². The minimum Gasteiger partial charge on any atom is -0.456 e. The summed E-state index contributed by atoms with van der Waals surface area (Å²) in [5, 5.41) is -0.409. The normalized spacial score (nSPS) is 12.2. The zero-order chi connectivity index (χ0) is 34.4. The molecule has 0 heterocycles. The van der Waals surface area contributed by atoms with Crippen molar-refractivity contribution in [2.24, 2.45) is 0 Å². The maximum Gasteiger partial charge on any atom is 0.371 e. The number of carbonyl (C=O) groups is 4. The number of rotatable bonds is 29. The van der Waals surface area contributed by atoms with E-state index in [2.05, 4.69) is 15.9 Å². The third kappa shape index (κ3) is 22.0. The highest BCUT2D eigenvalue weighted by molar-refractivity contribution is 9.09. The molecule has 266 valence electrons. The predicted molar refractivity (Wildman–Crippen MR) is 188 cm³/mol. The number of hydrogen-bond donors (Lipinski definition) is 0. The summed E-state index contributed by atoms with van der Waals surface area (Å²) in [6, 6.07) is 0. The van der Waals surface area contributed by atoms with Gasteiger partial charge in [0.25, 0.3) is 0 Å². The van der Waals surface area contributed by atoms with Crippen LogP contribution in [0.3, 0.4) is 0 Å². The van der Waals surface area contributed by atoms with Gasteiger partial charge in [0.1, 0.15) is 19.9 Å². The van der Waals surface area contributed by atoms with E-state index >= 15 is 0 Å². The Morgan fingerprint density at radius 3 is 1.35 bits per heavy atom. The Morgan fingerprint density at radius 1 is 0.652 bits per heavy atom. The molecule has 0 saturated heterocycles. The molecule has 0 aromatic heterocycles. The van der Waals surface area contributed by atoms with Crippen molar-refractivity contribution in [1.29, 1.82) is 0 Å². The van der Waals surface area contributed by atoms with Crippen LogP contribution in [0.1, 0.15) is 90.9 Å². The van der Waals surface area contributed by atoms with Gasteiger partial charge in [0.15, 0.2) is 0 Å². The van der Waals surface area contributed by atoms with Crippen LogP contribution in [-0.2, 0) is 28.5 Å². The van der Waals surface area contributed by atoms with Gasteiger partial charge in [0.2, 0.25) is 12.8 Å². The monoisotopic (exact) mass is 756 g/mol. The third-order valence-corrected chi connectivity index (χ3v) is 9.43. The van der Waals surface area contributed by atoms with E-state index < -0.39 is 12.0 Å². The van der Waals surface area contributed by atoms with Crippen molar-refractivity contribution in [2.45, 2.75) is 90.9 Å². The van der Waals surface area contributed by atoms with Crippen LogP contribution in [0.15, 0.2) is 21.2 Å². The Balaban J connectivity index is 4.41. The largest absolute Gasteiger partial charge is 0.456 e. The SMILES string of the molecule is COCC/C(SC(=O)OCCF)=C(\C)N(C=O)CCCCCCCCCCCCN(C=O)/C(C)=C(/CCOC)SC(=O)OCCBr. The van der Waals surface area contributed by atoms with E-state index in [9.17, 15) is 23.6 Å². The van der Waals surface area contributed by atoms with E-state index in [0.717, 1.165) is 111 Å². The number of ether oxygens (including phenoxy) is 4. The predicted octanol–water partition coefficient (Wildman–Crippen LogP) is 8.44. The summed E-state index contributed by atoms with van der Waals surface area (Å²) in [5.74, 6) is 0. The Morgan fingerprint density at radius 2 is 1.02 bits per heavy atom. The molecule has 0 rings (SSSR count). The number of halogens is 2. The second-order valence-corrected chi connectivity index (χ2v) is 13.3. The van der Waals surface area contributed by atoms with E-state index in [4.69, 9.17) is 18.9 Å². The number of carbonyl (C=O) groups excluding carboxylic acids is 4. The summed E-state index contributed by atoms with van der Waals surface area (Å²) in [4.78, 5) is 52.4. The van der Waals surface area contributed by atoms with Crippen LogP contribution >= 0.6 is 39.5 Å². The zero-order valence-electron chi connectivity index (χ0n) is 28.0. The number of unbranched alkanes of at least 4 members (excludes halogenated alkanes) is 9. The number of nitrogens with zero attached hydrogens (tertiary/aromatic N) is 2. The van der Waals surface area contributed by atoms with Crippen LogP contribution in [-0.4, -0.2) is 99.0 Å². The fourth-order valence-corrected chi connectivity index (χ4v) is 6.15. The lowest BCUT2D eigenvalue weighted by Gasteiger charge is -2.21. The molecule has 0 bridgehead atoms. The van der Waals surface area contributed by atoms with Gasteiger partial charge in [-0.3, -0.25) is 9.59 Å². The Bertz CT molecular complexity index is 855. The van der Waals surface area contributed by atoms with Crippen LogP contribution < -0.4 is 0 Å². The minimum absolute atomic E-state index is 0.284. The van der Waals surface area contributed by atoms with Gasteiger partial charge in [-0.15, -0.1) is 0 Å². The lowest BCUT2D eigenvalue weighted by atomic mass is 10.1. The van der Waals surface area contributed by atoms with Crippen molar-refractivity contribution in [2.75, 3.05) is 65.7 Å². The number of alkyl halides is 2. The van der Waals surface area contributed by atoms with Crippen LogP contribution in [0.4, 0.5) is 14.0 Å². The summed E-state index contributed by atoms with van der Waals surface area (Å²) in [5.41, 5.74) is 1.45. The van der Waals surface area contributed by atoms with Crippen LogP contribution in [0.5, 0.6) is 0 Å². The summed E-state index contributed by atoms with van der Waals surface area (Å²) >= 11 is 5.13. The summed E-state index contributed by atoms with van der Waals surface area (Å²) in [6.45, 7) is 4.93. The topological polar surface area (TPSA) is 112 Å². The molecule has 0 atom stereocenters. The first kappa shape index (κ1) is 44.4. The molecule has 14 heteroatoms. The number of allylic oxidation sites excluding steroid dienone is 2. The standard InChI is InChI=1S/C32H54BrFN2O8S2/c1-27(29(15-21-41-3)45-31(39)43-23-17-33)35(25-37)19-13-11-9-7-5-6-8-10-12-14-20-36(26-38)28(2)30(16-22-42-4)46-32(40)44-24-18-34/h25-26H,5-24H2,1-4H3/b29-27-,30-28-.